The van der Waals surface area contributed by atoms with Crippen LogP contribution in [-0.4, -0.2) is 46.3 Å². The zero-order valence-corrected chi connectivity index (χ0v) is 11.6. The van der Waals surface area contributed by atoms with Crippen LogP contribution < -0.4 is 0 Å². The maximum absolute atomic E-state index is 12.5. The zero-order chi connectivity index (χ0) is 15.6. The fraction of sp³-hybridized carbons (Fsp3) is 0.571. The smallest absolute Gasteiger partial charge is 0.383 e. The summed E-state index contributed by atoms with van der Waals surface area (Å²) in [5, 5.41) is 9.26. The number of pyridine rings is 1. The van der Waals surface area contributed by atoms with Crippen LogP contribution in [-0.2, 0) is 0 Å². The number of likely N-dealkylation sites (tertiary alicyclic amines) is 1. The van der Waals surface area contributed by atoms with Crippen molar-refractivity contribution in [3.8, 4) is 0 Å². The molecule has 1 atom stereocenters. The lowest BCUT2D eigenvalue weighted by atomic mass is 9.90. The molecule has 0 aliphatic carbocycles. The molecule has 0 saturated carbocycles. The summed E-state index contributed by atoms with van der Waals surface area (Å²) in [6.07, 6.45) is -5.04. The van der Waals surface area contributed by atoms with Crippen molar-refractivity contribution >= 4 is 5.91 Å². The predicted molar refractivity (Wildman–Crippen MR) is 69.7 cm³/mol. The van der Waals surface area contributed by atoms with E-state index in [9.17, 15) is 23.1 Å². The van der Waals surface area contributed by atoms with E-state index in [-0.39, 0.29) is 31.8 Å². The number of nitrogens with zero attached hydrogens (tertiary/aromatic N) is 2. The number of aliphatic hydroxyl groups excluding tert-OH is 1. The summed E-state index contributed by atoms with van der Waals surface area (Å²) in [6.45, 7) is 2.14. The van der Waals surface area contributed by atoms with Crippen molar-refractivity contribution in [3.05, 3.63) is 29.6 Å². The maximum atomic E-state index is 12.5. The summed E-state index contributed by atoms with van der Waals surface area (Å²) in [6, 6.07) is 3.31. The molecule has 1 unspecified atom stereocenters. The van der Waals surface area contributed by atoms with E-state index >= 15 is 0 Å². The van der Waals surface area contributed by atoms with Gasteiger partial charge in [-0.25, -0.2) is 0 Å². The SMILES string of the molecule is Cc1ncccc1C(=O)N1CCC(C(O)C(F)(F)F)CC1. The lowest BCUT2D eigenvalue weighted by molar-refractivity contribution is -0.222. The van der Waals surface area contributed by atoms with E-state index in [1.54, 1.807) is 25.3 Å². The first kappa shape index (κ1) is 15.8. The van der Waals surface area contributed by atoms with E-state index < -0.39 is 18.2 Å². The Morgan fingerprint density at radius 2 is 2.05 bits per heavy atom. The minimum atomic E-state index is -4.60. The molecule has 1 amide bonds. The zero-order valence-electron chi connectivity index (χ0n) is 11.6. The molecule has 21 heavy (non-hydrogen) atoms. The molecule has 1 aliphatic heterocycles. The van der Waals surface area contributed by atoms with Gasteiger partial charge in [0, 0.05) is 25.0 Å². The Hall–Kier alpha value is -1.63. The molecule has 1 N–H and O–H groups in total. The minimum absolute atomic E-state index is 0.145. The summed E-state index contributed by atoms with van der Waals surface area (Å²) in [7, 11) is 0. The Bertz CT molecular complexity index is 511. The number of amides is 1. The number of aromatic nitrogens is 1. The lowest BCUT2D eigenvalue weighted by Crippen LogP contribution is -2.45. The second-order valence-electron chi connectivity index (χ2n) is 5.25. The van der Waals surface area contributed by atoms with Crippen LogP contribution in [0.2, 0.25) is 0 Å². The van der Waals surface area contributed by atoms with Crippen LogP contribution in [0.5, 0.6) is 0 Å². The molecular formula is C14H17F3N2O2. The molecule has 4 nitrogen and oxygen atoms in total. The number of halogens is 3. The van der Waals surface area contributed by atoms with Gasteiger partial charge in [0.1, 0.15) is 0 Å². The third-order valence-electron chi connectivity index (χ3n) is 3.85. The average molecular weight is 302 g/mol. The van der Waals surface area contributed by atoms with E-state index in [2.05, 4.69) is 4.98 Å². The summed E-state index contributed by atoms with van der Waals surface area (Å²) in [5.41, 5.74) is 1.06. The first-order valence-corrected chi connectivity index (χ1v) is 6.76. The Morgan fingerprint density at radius 1 is 1.43 bits per heavy atom. The molecule has 1 aromatic rings. The molecule has 7 heteroatoms. The largest absolute Gasteiger partial charge is 0.414 e. The summed E-state index contributed by atoms with van der Waals surface area (Å²) >= 11 is 0. The summed E-state index contributed by atoms with van der Waals surface area (Å²) in [4.78, 5) is 17.8. The molecule has 2 heterocycles. The monoisotopic (exact) mass is 302 g/mol. The van der Waals surface area contributed by atoms with Crippen LogP contribution in [0.25, 0.3) is 0 Å². The van der Waals surface area contributed by atoms with Crippen molar-refractivity contribution < 1.29 is 23.1 Å². The topological polar surface area (TPSA) is 53.4 Å². The molecule has 1 saturated heterocycles. The van der Waals surface area contributed by atoms with Crippen LogP contribution in [0.4, 0.5) is 13.2 Å². The van der Waals surface area contributed by atoms with Gasteiger partial charge in [-0.3, -0.25) is 9.78 Å². The summed E-state index contributed by atoms with van der Waals surface area (Å²) in [5.74, 6) is -1.07. The van der Waals surface area contributed by atoms with Gasteiger partial charge in [-0.1, -0.05) is 0 Å². The van der Waals surface area contributed by atoms with Crippen molar-refractivity contribution in [3.63, 3.8) is 0 Å². The highest BCUT2D eigenvalue weighted by Gasteiger charge is 2.44. The molecule has 0 spiro atoms. The number of piperidine rings is 1. The fourth-order valence-electron chi connectivity index (χ4n) is 2.57. The molecular weight excluding hydrogens is 285 g/mol. The van der Waals surface area contributed by atoms with Gasteiger partial charge in [-0.05, 0) is 37.8 Å². The fourth-order valence-corrected chi connectivity index (χ4v) is 2.57. The van der Waals surface area contributed by atoms with Crippen LogP contribution in [0.3, 0.4) is 0 Å². The number of rotatable bonds is 2. The van der Waals surface area contributed by atoms with E-state index in [1.807, 2.05) is 0 Å². The molecule has 2 rings (SSSR count). The molecule has 0 bridgehead atoms. The molecule has 1 aliphatic rings. The second kappa shape index (κ2) is 6.01. The Labute approximate surface area is 120 Å². The third-order valence-corrected chi connectivity index (χ3v) is 3.85. The van der Waals surface area contributed by atoms with Gasteiger partial charge in [0.15, 0.2) is 6.10 Å². The number of aliphatic hydroxyl groups is 1. The molecule has 1 fully saturated rings. The van der Waals surface area contributed by atoms with Gasteiger partial charge >= 0.3 is 6.18 Å². The molecule has 0 aromatic carbocycles. The van der Waals surface area contributed by atoms with Crippen molar-refractivity contribution in [2.75, 3.05) is 13.1 Å². The second-order valence-corrected chi connectivity index (χ2v) is 5.25. The van der Waals surface area contributed by atoms with E-state index in [0.717, 1.165) is 0 Å². The lowest BCUT2D eigenvalue weighted by Gasteiger charge is -2.34. The van der Waals surface area contributed by atoms with Crippen molar-refractivity contribution in [2.24, 2.45) is 5.92 Å². The van der Waals surface area contributed by atoms with E-state index in [0.29, 0.717) is 11.3 Å². The predicted octanol–water partition coefficient (Wildman–Crippen LogP) is 2.17. The summed E-state index contributed by atoms with van der Waals surface area (Å²) < 4.78 is 37.4. The Kier molecular flexibility index (Phi) is 4.51. The normalized spacial score (nSPS) is 18.6. The first-order chi connectivity index (χ1) is 9.80. The minimum Gasteiger partial charge on any atom is -0.383 e. The third kappa shape index (κ3) is 3.53. The molecule has 116 valence electrons. The maximum Gasteiger partial charge on any atom is 0.414 e. The molecule has 0 radical (unpaired) electrons. The van der Waals surface area contributed by atoms with Gasteiger partial charge in [0.05, 0.1) is 5.56 Å². The highest BCUT2D eigenvalue weighted by molar-refractivity contribution is 5.95. The highest BCUT2D eigenvalue weighted by atomic mass is 19.4. The van der Waals surface area contributed by atoms with Gasteiger partial charge in [-0.15, -0.1) is 0 Å². The molecule has 1 aromatic heterocycles. The number of carbonyl (C=O) groups excluding carboxylic acids is 1. The standard InChI is InChI=1S/C14H17F3N2O2/c1-9-11(3-2-6-18-9)13(21)19-7-4-10(5-8-19)12(20)14(15,16)17/h2-3,6,10,12,20H,4-5,7-8H2,1H3. The van der Waals surface area contributed by atoms with E-state index in [4.69, 9.17) is 0 Å². The Balaban J connectivity index is 1.98. The number of aryl methyl sites for hydroxylation is 1. The van der Waals surface area contributed by atoms with Crippen LogP contribution >= 0.6 is 0 Å². The van der Waals surface area contributed by atoms with Crippen molar-refractivity contribution in [1.29, 1.82) is 0 Å². The number of hydrogen-bond donors (Lipinski definition) is 1. The number of hydrogen-bond acceptors (Lipinski definition) is 3. The highest BCUT2D eigenvalue weighted by Crippen LogP contribution is 2.31. The van der Waals surface area contributed by atoms with E-state index in [1.165, 1.54) is 4.90 Å². The van der Waals surface area contributed by atoms with Crippen LogP contribution in [0.1, 0.15) is 28.9 Å². The van der Waals surface area contributed by atoms with Crippen LogP contribution in [0, 0.1) is 12.8 Å². The van der Waals surface area contributed by atoms with Gasteiger partial charge < -0.3 is 10.0 Å². The number of alkyl halides is 3. The quantitative estimate of drug-likeness (QED) is 0.911. The van der Waals surface area contributed by atoms with Gasteiger partial charge in [0.25, 0.3) is 5.91 Å². The van der Waals surface area contributed by atoms with Crippen molar-refractivity contribution in [2.45, 2.75) is 32.0 Å². The first-order valence-electron chi connectivity index (χ1n) is 6.76. The number of carbonyl (C=O) groups is 1. The van der Waals surface area contributed by atoms with Crippen molar-refractivity contribution in [1.82, 2.24) is 9.88 Å². The van der Waals surface area contributed by atoms with Gasteiger partial charge in [-0.2, -0.15) is 13.2 Å². The van der Waals surface area contributed by atoms with Gasteiger partial charge in [0.2, 0.25) is 0 Å². The van der Waals surface area contributed by atoms with Crippen LogP contribution in [0.15, 0.2) is 18.3 Å². The average Bonchev–Trinajstić information content (AvgIpc) is 2.45. The Morgan fingerprint density at radius 3 is 2.57 bits per heavy atom.